The number of nitrogens with zero attached hydrogens (tertiary/aromatic N) is 1. The highest BCUT2D eigenvalue weighted by molar-refractivity contribution is 5.96. The normalized spacial score (nSPS) is 11.3. The Labute approximate surface area is 140 Å². The van der Waals surface area contributed by atoms with Gasteiger partial charge in [-0.3, -0.25) is 14.4 Å². The van der Waals surface area contributed by atoms with Crippen molar-refractivity contribution in [2.75, 3.05) is 13.6 Å². The summed E-state index contributed by atoms with van der Waals surface area (Å²) in [5.74, 6) is -0.712. The first kappa shape index (κ1) is 17.7. The summed E-state index contributed by atoms with van der Waals surface area (Å²) >= 11 is 0. The number of amides is 1. The predicted molar refractivity (Wildman–Crippen MR) is 92.0 cm³/mol. The Kier molecular flexibility index (Phi) is 5.07. The molecule has 1 amide bonds. The van der Waals surface area contributed by atoms with Gasteiger partial charge >= 0.3 is 5.97 Å². The number of hydrogen-bond donors (Lipinski definition) is 1. The number of rotatable bonds is 4. The van der Waals surface area contributed by atoms with Gasteiger partial charge in [0.25, 0.3) is 11.5 Å². The van der Waals surface area contributed by atoms with Crippen LogP contribution in [-0.4, -0.2) is 41.0 Å². The Hall–Kier alpha value is -2.63. The zero-order valence-electron chi connectivity index (χ0n) is 14.4. The Morgan fingerprint density at radius 2 is 1.88 bits per heavy atom. The molecule has 6 nitrogen and oxygen atoms in total. The van der Waals surface area contributed by atoms with E-state index in [-0.39, 0.29) is 36.1 Å². The minimum atomic E-state index is -0.552. The van der Waals surface area contributed by atoms with Gasteiger partial charge in [0.2, 0.25) is 0 Å². The number of nitrogens with one attached hydrogen (secondary N) is 1. The van der Waals surface area contributed by atoms with Crippen molar-refractivity contribution in [3.05, 3.63) is 46.4 Å². The summed E-state index contributed by atoms with van der Waals surface area (Å²) in [6.07, 6.45) is 0.0946. The average molecular weight is 330 g/mol. The molecule has 6 heteroatoms. The maximum atomic E-state index is 12.4. The highest BCUT2D eigenvalue weighted by Crippen LogP contribution is 2.12. The molecule has 0 bridgehead atoms. The molecule has 1 aromatic carbocycles. The van der Waals surface area contributed by atoms with E-state index >= 15 is 0 Å². The van der Waals surface area contributed by atoms with E-state index in [0.29, 0.717) is 10.8 Å². The van der Waals surface area contributed by atoms with Crippen molar-refractivity contribution in [2.45, 2.75) is 32.8 Å². The van der Waals surface area contributed by atoms with Crippen LogP contribution in [0.25, 0.3) is 10.8 Å². The molecule has 2 aromatic rings. The lowest BCUT2D eigenvalue weighted by Gasteiger charge is -2.21. The molecule has 0 radical (unpaired) electrons. The molecular formula is C18H22N2O4. The molecule has 0 aliphatic carbocycles. The van der Waals surface area contributed by atoms with E-state index in [9.17, 15) is 14.4 Å². The Morgan fingerprint density at radius 1 is 1.21 bits per heavy atom. The van der Waals surface area contributed by atoms with Gasteiger partial charge in [0.1, 0.15) is 11.3 Å². The first-order valence-corrected chi connectivity index (χ1v) is 7.77. The maximum Gasteiger partial charge on any atom is 0.308 e. The van der Waals surface area contributed by atoms with Crippen LogP contribution in [0, 0.1) is 0 Å². The summed E-state index contributed by atoms with van der Waals surface area (Å²) in [5.41, 5.74) is -0.661. The molecule has 0 saturated heterocycles. The number of carbonyl (C=O) groups is 2. The van der Waals surface area contributed by atoms with E-state index in [4.69, 9.17) is 4.74 Å². The number of benzene rings is 1. The molecule has 0 unspecified atom stereocenters. The van der Waals surface area contributed by atoms with Gasteiger partial charge in [-0.2, -0.15) is 0 Å². The zero-order chi connectivity index (χ0) is 17.9. The minimum Gasteiger partial charge on any atom is -0.460 e. The lowest BCUT2D eigenvalue weighted by molar-refractivity contribution is -0.154. The number of ether oxygens (including phenoxy) is 1. The van der Waals surface area contributed by atoms with Crippen LogP contribution < -0.4 is 5.56 Å². The third-order valence-corrected chi connectivity index (χ3v) is 3.40. The van der Waals surface area contributed by atoms with Crippen LogP contribution in [-0.2, 0) is 9.53 Å². The van der Waals surface area contributed by atoms with E-state index in [1.807, 2.05) is 6.07 Å². The lowest BCUT2D eigenvalue weighted by Crippen LogP contribution is -2.32. The number of carbonyl (C=O) groups excluding carboxylic acids is 2. The van der Waals surface area contributed by atoms with E-state index in [2.05, 4.69) is 4.98 Å². The molecule has 0 atom stereocenters. The first-order valence-electron chi connectivity index (χ1n) is 7.77. The van der Waals surface area contributed by atoms with Crippen molar-refractivity contribution >= 4 is 22.6 Å². The number of esters is 1. The summed E-state index contributed by atoms with van der Waals surface area (Å²) in [6.45, 7) is 5.58. The second-order valence-electron chi connectivity index (χ2n) is 6.66. The largest absolute Gasteiger partial charge is 0.460 e. The summed E-state index contributed by atoms with van der Waals surface area (Å²) in [5, 5.41) is 1.23. The van der Waals surface area contributed by atoms with Crippen LogP contribution in [0.4, 0.5) is 0 Å². The first-order chi connectivity index (χ1) is 11.2. The van der Waals surface area contributed by atoms with Gasteiger partial charge in [0, 0.05) is 19.0 Å². The van der Waals surface area contributed by atoms with Gasteiger partial charge < -0.3 is 14.6 Å². The third-order valence-electron chi connectivity index (χ3n) is 3.40. The Bertz CT molecular complexity index is 818. The monoisotopic (exact) mass is 330 g/mol. The predicted octanol–water partition coefficient (Wildman–Crippen LogP) is 2.33. The van der Waals surface area contributed by atoms with Gasteiger partial charge in [0.15, 0.2) is 0 Å². The van der Waals surface area contributed by atoms with E-state index in [0.717, 1.165) is 0 Å². The molecule has 2 rings (SSSR count). The standard InChI is InChI=1S/C18H22N2O4/c1-18(2,3)24-15(21)9-10-20(4)17(23)14-11-12-7-5-6-8-13(12)16(22)19-14/h5-8,11H,9-10H2,1-4H3,(H,19,22). The van der Waals surface area contributed by atoms with Crippen LogP contribution in [0.3, 0.4) is 0 Å². The molecule has 0 spiro atoms. The summed E-state index contributed by atoms with van der Waals surface area (Å²) in [4.78, 5) is 40.2. The zero-order valence-corrected chi connectivity index (χ0v) is 14.4. The van der Waals surface area contributed by atoms with E-state index in [1.165, 1.54) is 4.90 Å². The quantitative estimate of drug-likeness (QED) is 0.873. The molecule has 128 valence electrons. The van der Waals surface area contributed by atoms with Crippen molar-refractivity contribution in [1.82, 2.24) is 9.88 Å². The summed E-state index contributed by atoms with van der Waals surface area (Å²) in [7, 11) is 1.58. The average Bonchev–Trinajstić information content (AvgIpc) is 2.50. The van der Waals surface area contributed by atoms with Gasteiger partial charge in [-0.05, 0) is 38.3 Å². The number of fused-ring (bicyclic) bond motifs is 1. The van der Waals surface area contributed by atoms with Gasteiger partial charge in [-0.15, -0.1) is 0 Å². The topological polar surface area (TPSA) is 79.5 Å². The van der Waals surface area contributed by atoms with Gasteiger partial charge in [-0.1, -0.05) is 18.2 Å². The number of hydrogen-bond acceptors (Lipinski definition) is 4. The van der Waals surface area contributed by atoms with Crippen LogP contribution >= 0.6 is 0 Å². The van der Waals surface area contributed by atoms with Crippen LogP contribution in [0.1, 0.15) is 37.7 Å². The highest BCUT2D eigenvalue weighted by atomic mass is 16.6. The summed E-state index contributed by atoms with van der Waals surface area (Å²) in [6, 6.07) is 8.70. The minimum absolute atomic E-state index is 0.0946. The molecule has 0 aliphatic rings. The molecule has 1 heterocycles. The van der Waals surface area contributed by atoms with Crippen molar-refractivity contribution < 1.29 is 14.3 Å². The van der Waals surface area contributed by atoms with Crippen molar-refractivity contribution in [3.8, 4) is 0 Å². The SMILES string of the molecule is CN(CCC(=O)OC(C)(C)C)C(=O)c1cc2ccccc2c(=O)[nH]1. The van der Waals surface area contributed by atoms with E-state index in [1.54, 1.807) is 52.1 Å². The van der Waals surface area contributed by atoms with Crippen LogP contribution in [0.5, 0.6) is 0 Å². The number of aromatic amines is 1. The fraction of sp³-hybridized carbons (Fsp3) is 0.389. The molecule has 1 aromatic heterocycles. The van der Waals surface area contributed by atoms with Crippen molar-refractivity contribution in [3.63, 3.8) is 0 Å². The highest BCUT2D eigenvalue weighted by Gasteiger charge is 2.19. The van der Waals surface area contributed by atoms with Crippen LogP contribution in [0.2, 0.25) is 0 Å². The Morgan fingerprint density at radius 3 is 2.54 bits per heavy atom. The maximum absolute atomic E-state index is 12.4. The number of H-pyrrole nitrogens is 1. The molecule has 0 saturated carbocycles. The molecule has 0 aliphatic heterocycles. The Balaban J connectivity index is 2.08. The van der Waals surface area contributed by atoms with E-state index < -0.39 is 5.60 Å². The van der Waals surface area contributed by atoms with Gasteiger partial charge in [-0.25, -0.2) is 0 Å². The van der Waals surface area contributed by atoms with Crippen molar-refractivity contribution in [2.24, 2.45) is 0 Å². The van der Waals surface area contributed by atoms with Crippen molar-refractivity contribution in [1.29, 1.82) is 0 Å². The number of pyridine rings is 1. The molecule has 24 heavy (non-hydrogen) atoms. The lowest BCUT2D eigenvalue weighted by atomic mass is 10.1. The molecule has 0 fully saturated rings. The second-order valence-corrected chi connectivity index (χ2v) is 6.66. The van der Waals surface area contributed by atoms with Gasteiger partial charge in [0.05, 0.1) is 6.42 Å². The summed E-state index contributed by atoms with van der Waals surface area (Å²) < 4.78 is 5.22. The van der Waals surface area contributed by atoms with Crippen LogP contribution in [0.15, 0.2) is 35.1 Å². The molecule has 1 N–H and O–H groups in total. The fourth-order valence-electron chi connectivity index (χ4n) is 2.28. The number of aromatic nitrogens is 1. The second kappa shape index (κ2) is 6.86. The fourth-order valence-corrected chi connectivity index (χ4v) is 2.28. The third kappa shape index (κ3) is 4.44. The smallest absolute Gasteiger partial charge is 0.308 e. The molecular weight excluding hydrogens is 308 g/mol.